The first-order valence-electron chi connectivity index (χ1n) is 4.58. The molecule has 3 N–H and O–H groups in total. The fourth-order valence-corrected chi connectivity index (χ4v) is 1.62. The topological polar surface area (TPSA) is 71.8 Å². The van der Waals surface area contributed by atoms with Crippen LogP contribution >= 0.6 is 11.6 Å². The van der Waals surface area contributed by atoms with Gasteiger partial charge in [0.15, 0.2) is 0 Å². The highest BCUT2D eigenvalue weighted by Crippen LogP contribution is 2.14. The van der Waals surface area contributed by atoms with Gasteiger partial charge in [-0.2, -0.15) is 0 Å². The number of halogens is 1. The van der Waals surface area contributed by atoms with Gasteiger partial charge in [0.05, 0.1) is 5.02 Å². The van der Waals surface area contributed by atoms with E-state index < -0.39 is 0 Å². The molecule has 0 amide bonds. The molecule has 2 rings (SSSR count). The number of nitrogens with two attached hydrogens (primary N) is 1. The summed E-state index contributed by atoms with van der Waals surface area (Å²) in [7, 11) is 0. The van der Waals surface area contributed by atoms with Crippen molar-refractivity contribution < 1.29 is 0 Å². The number of aromatic nitrogens is 2. The predicted octanol–water partition coefficient (Wildman–Crippen LogP) is 1.08. The number of nitrogens with one attached hydrogen (secondary N) is 1. The van der Waals surface area contributed by atoms with E-state index in [-0.39, 0.29) is 5.56 Å². The number of hydrogen-bond acceptors (Lipinski definition) is 3. The molecule has 78 valence electrons. The highest BCUT2D eigenvalue weighted by atomic mass is 35.5. The van der Waals surface area contributed by atoms with E-state index in [4.69, 9.17) is 17.3 Å². The van der Waals surface area contributed by atoms with Gasteiger partial charge in [-0.1, -0.05) is 11.6 Å². The Labute approximate surface area is 91.1 Å². The van der Waals surface area contributed by atoms with Crippen molar-refractivity contribution in [3.8, 4) is 0 Å². The molecule has 0 bridgehead atoms. The average Bonchev–Trinajstić information content (AvgIpc) is 2.20. The molecule has 2 aromatic heterocycles. The fraction of sp³-hybridized carbons (Fsp3) is 0.200. The molecule has 2 aromatic rings. The van der Waals surface area contributed by atoms with Crippen molar-refractivity contribution in [1.82, 2.24) is 9.97 Å². The second-order valence-electron chi connectivity index (χ2n) is 3.25. The lowest BCUT2D eigenvalue weighted by atomic mass is 10.1. The number of H-pyrrole nitrogens is 1. The Kier molecular flexibility index (Phi) is 2.70. The minimum atomic E-state index is -0.136. The lowest BCUT2D eigenvalue weighted by Crippen LogP contribution is -2.16. The molecule has 5 heteroatoms. The molecule has 0 fully saturated rings. The van der Waals surface area contributed by atoms with Crippen molar-refractivity contribution in [3.05, 3.63) is 39.3 Å². The second-order valence-corrected chi connectivity index (χ2v) is 3.69. The molecule has 0 atom stereocenters. The third-order valence-electron chi connectivity index (χ3n) is 2.15. The minimum absolute atomic E-state index is 0.136. The first kappa shape index (κ1) is 10.1. The zero-order valence-corrected chi connectivity index (χ0v) is 8.71. The summed E-state index contributed by atoms with van der Waals surface area (Å²) in [5.41, 5.74) is 6.48. The number of nitrogens with zero attached hydrogens (tertiary/aromatic N) is 1. The monoisotopic (exact) mass is 223 g/mol. The number of aromatic amines is 1. The fourth-order valence-electron chi connectivity index (χ4n) is 1.45. The molecule has 0 saturated heterocycles. The van der Waals surface area contributed by atoms with Gasteiger partial charge >= 0.3 is 0 Å². The van der Waals surface area contributed by atoms with E-state index in [2.05, 4.69) is 9.97 Å². The number of fused-ring (bicyclic) bond motifs is 1. The Morgan fingerprint density at radius 2 is 2.27 bits per heavy atom. The van der Waals surface area contributed by atoms with Crippen LogP contribution in [0.4, 0.5) is 0 Å². The lowest BCUT2D eigenvalue weighted by Gasteiger charge is -2.01. The van der Waals surface area contributed by atoms with E-state index in [9.17, 15) is 4.79 Å². The summed E-state index contributed by atoms with van der Waals surface area (Å²) in [6.45, 7) is 0.447. The van der Waals surface area contributed by atoms with Crippen molar-refractivity contribution in [2.75, 3.05) is 6.54 Å². The van der Waals surface area contributed by atoms with Gasteiger partial charge in [-0.05, 0) is 25.1 Å². The molecule has 0 aromatic carbocycles. The zero-order valence-electron chi connectivity index (χ0n) is 7.96. The van der Waals surface area contributed by atoms with E-state index in [0.29, 0.717) is 29.2 Å². The molecule has 4 nitrogen and oxygen atoms in total. The van der Waals surface area contributed by atoms with Gasteiger partial charge in [-0.25, -0.2) is 4.98 Å². The summed E-state index contributed by atoms with van der Waals surface area (Å²) in [5.74, 6) is 0. The molecule has 0 radical (unpaired) electrons. The normalized spacial score (nSPS) is 10.8. The Balaban J connectivity index is 2.66. The Morgan fingerprint density at radius 3 is 3.00 bits per heavy atom. The van der Waals surface area contributed by atoms with Crippen molar-refractivity contribution in [2.45, 2.75) is 6.42 Å². The SMILES string of the molecule is NCCc1cc2cc(Cl)cnc2[nH]c1=O. The van der Waals surface area contributed by atoms with Gasteiger partial charge < -0.3 is 10.7 Å². The van der Waals surface area contributed by atoms with Gasteiger partial charge in [-0.15, -0.1) is 0 Å². The third-order valence-corrected chi connectivity index (χ3v) is 2.36. The van der Waals surface area contributed by atoms with E-state index in [1.807, 2.05) is 0 Å². The molecule has 0 aliphatic carbocycles. The summed E-state index contributed by atoms with van der Waals surface area (Å²) in [6.07, 6.45) is 2.06. The molecular weight excluding hydrogens is 214 g/mol. The van der Waals surface area contributed by atoms with Crippen LogP contribution in [0.3, 0.4) is 0 Å². The quantitative estimate of drug-likeness (QED) is 0.800. The molecule has 0 spiro atoms. The van der Waals surface area contributed by atoms with Crippen LogP contribution in [0.1, 0.15) is 5.56 Å². The Hall–Kier alpha value is -1.39. The van der Waals surface area contributed by atoms with Crippen LogP contribution in [0.25, 0.3) is 11.0 Å². The van der Waals surface area contributed by atoms with Crippen molar-refractivity contribution in [1.29, 1.82) is 0 Å². The van der Waals surface area contributed by atoms with E-state index >= 15 is 0 Å². The van der Waals surface area contributed by atoms with Gasteiger partial charge in [0.25, 0.3) is 5.56 Å². The summed E-state index contributed by atoms with van der Waals surface area (Å²) in [4.78, 5) is 18.2. The summed E-state index contributed by atoms with van der Waals surface area (Å²) in [5, 5.41) is 1.37. The van der Waals surface area contributed by atoms with Crippen LogP contribution in [-0.2, 0) is 6.42 Å². The summed E-state index contributed by atoms with van der Waals surface area (Å²) < 4.78 is 0. The van der Waals surface area contributed by atoms with Crippen LogP contribution in [0.2, 0.25) is 5.02 Å². The highest BCUT2D eigenvalue weighted by molar-refractivity contribution is 6.31. The predicted molar refractivity (Wildman–Crippen MR) is 60.1 cm³/mol. The van der Waals surface area contributed by atoms with Crippen molar-refractivity contribution in [2.24, 2.45) is 5.73 Å². The first-order valence-corrected chi connectivity index (χ1v) is 4.96. The van der Waals surface area contributed by atoms with Crippen LogP contribution in [0.15, 0.2) is 23.1 Å². The van der Waals surface area contributed by atoms with E-state index in [1.165, 1.54) is 6.20 Å². The molecule has 0 aliphatic rings. The maximum absolute atomic E-state index is 11.5. The number of pyridine rings is 2. The van der Waals surface area contributed by atoms with E-state index in [0.717, 1.165) is 5.39 Å². The standard InChI is InChI=1S/C10H10ClN3O/c11-8-4-7-3-6(1-2-12)10(15)14-9(7)13-5-8/h3-5H,1-2,12H2,(H,13,14,15). The molecular formula is C10H10ClN3O. The largest absolute Gasteiger partial charge is 0.330 e. The zero-order chi connectivity index (χ0) is 10.8. The lowest BCUT2D eigenvalue weighted by molar-refractivity contribution is 0.947. The highest BCUT2D eigenvalue weighted by Gasteiger charge is 2.03. The number of rotatable bonds is 2. The van der Waals surface area contributed by atoms with Crippen LogP contribution in [0.5, 0.6) is 0 Å². The molecule has 0 aliphatic heterocycles. The van der Waals surface area contributed by atoms with Gasteiger partial charge in [-0.3, -0.25) is 4.79 Å². The average molecular weight is 224 g/mol. The van der Waals surface area contributed by atoms with Crippen LogP contribution in [-0.4, -0.2) is 16.5 Å². The van der Waals surface area contributed by atoms with E-state index in [1.54, 1.807) is 12.1 Å². The maximum Gasteiger partial charge on any atom is 0.252 e. The third kappa shape index (κ3) is 2.00. The Bertz CT molecular complexity index is 550. The molecule has 15 heavy (non-hydrogen) atoms. The molecule has 0 unspecified atom stereocenters. The second kappa shape index (κ2) is 4.00. The maximum atomic E-state index is 11.5. The van der Waals surface area contributed by atoms with Gasteiger partial charge in [0.1, 0.15) is 5.65 Å². The van der Waals surface area contributed by atoms with Gasteiger partial charge in [0.2, 0.25) is 0 Å². The van der Waals surface area contributed by atoms with Crippen LogP contribution < -0.4 is 11.3 Å². The minimum Gasteiger partial charge on any atom is -0.330 e. The summed E-state index contributed by atoms with van der Waals surface area (Å²) >= 11 is 5.81. The summed E-state index contributed by atoms with van der Waals surface area (Å²) in [6, 6.07) is 3.54. The molecule has 2 heterocycles. The number of hydrogen-bond donors (Lipinski definition) is 2. The molecule has 0 saturated carbocycles. The smallest absolute Gasteiger partial charge is 0.252 e. The van der Waals surface area contributed by atoms with Crippen molar-refractivity contribution >= 4 is 22.6 Å². The first-order chi connectivity index (χ1) is 7.20. The van der Waals surface area contributed by atoms with Crippen LogP contribution in [0, 0.1) is 0 Å². The van der Waals surface area contributed by atoms with Crippen molar-refractivity contribution in [3.63, 3.8) is 0 Å². The van der Waals surface area contributed by atoms with Gasteiger partial charge in [0, 0.05) is 17.1 Å². The Morgan fingerprint density at radius 1 is 1.47 bits per heavy atom.